The average molecular weight is 528 g/mol. The molecule has 0 bridgehead atoms. The molecule has 1 aromatic carbocycles. The molecule has 0 spiro atoms. The summed E-state index contributed by atoms with van der Waals surface area (Å²) in [5.41, 5.74) is 2.77. The minimum absolute atomic E-state index is 0.0887. The first kappa shape index (κ1) is 26.1. The molecule has 1 aliphatic rings. The molecular formula is C26H29N3O5S2. The van der Waals surface area contributed by atoms with E-state index >= 15 is 0 Å². The molecule has 10 heteroatoms. The monoisotopic (exact) mass is 527 g/mol. The normalized spacial score (nSPS) is 15.1. The molecular weight excluding hydrogens is 498 g/mol. The van der Waals surface area contributed by atoms with Gasteiger partial charge in [-0.15, -0.1) is 11.3 Å². The van der Waals surface area contributed by atoms with Crippen LogP contribution in [0.15, 0.2) is 41.7 Å². The number of nitrogens with zero attached hydrogens (tertiary/aromatic N) is 2. The quantitative estimate of drug-likeness (QED) is 0.219. The first-order valence-electron chi connectivity index (χ1n) is 11.9. The van der Waals surface area contributed by atoms with Gasteiger partial charge in [-0.05, 0) is 44.7 Å². The molecule has 4 rings (SSSR count). The number of amides is 1. The SMILES string of the molecule is CCOC(=O)c1c(NC(=O)CSc2ncc(-c3ccccc3)n2CC2CCCO2)sc(C(C)=O)c1C. The number of carbonyl (C=O) groups is 3. The molecule has 190 valence electrons. The van der Waals surface area contributed by atoms with E-state index in [0.29, 0.717) is 22.0 Å². The number of rotatable bonds is 10. The van der Waals surface area contributed by atoms with Crippen LogP contribution >= 0.6 is 23.1 Å². The Kier molecular flexibility index (Phi) is 8.60. The Hall–Kier alpha value is -2.95. The van der Waals surface area contributed by atoms with Crippen LogP contribution in [0.2, 0.25) is 0 Å². The summed E-state index contributed by atoms with van der Waals surface area (Å²) in [6.07, 6.45) is 3.96. The lowest BCUT2D eigenvalue weighted by Crippen LogP contribution is -2.18. The Morgan fingerprint density at radius 3 is 2.72 bits per heavy atom. The number of benzene rings is 1. The molecule has 0 saturated carbocycles. The van der Waals surface area contributed by atoms with Crippen molar-refractivity contribution in [2.24, 2.45) is 0 Å². The van der Waals surface area contributed by atoms with Gasteiger partial charge in [-0.25, -0.2) is 9.78 Å². The molecule has 1 aliphatic heterocycles. The zero-order valence-electron chi connectivity index (χ0n) is 20.5. The van der Waals surface area contributed by atoms with Gasteiger partial charge in [0.05, 0.1) is 47.3 Å². The summed E-state index contributed by atoms with van der Waals surface area (Å²) in [5, 5.41) is 3.86. The highest BCUT2D eigenvalue weighted by Crippen LogP contribution is 2.35. The average Bonchev–Trinajstić information content (AvgIpc) is 3.58. The molecule has 1 fully saturated rings. The molecule has 1 saturated heterocycles. The van der Waals surface area contributed by atoms with Crippen LogP contribution in [-0.2, 0) is 20.8 Å². The highest BCUT2D eigenvalue weighted by Gasteiger charge is 2.26. The number of thioether (sulfide) groups is 1. The van der Waals surface area contributed by atoms with Crippen LogP contribution in [0.3, 0.4) is 0 Å². The molecule has 1 N–H and O–H groups in total. The van der Waals surface area contributed by atoms with Gasteiger partial charge in [-0.1, -0.05) is 42.1 Å². The predicted molar refractivity (Wildman–Crippen MR) is 141 cm³/mol. The van der Waals surface area contributed by atoms with E-state index in [4.69, 9.17) is 9.47 Å². The summed E-state index contributed by atoms with van der Waals surface area (Å²) in [5.74, 6) is -0.926. The number of nitrogens with one attached hydrogen (secondary N) is 1. The predicted octanol–water partition coefficient (Wildman–Crippen LogP) is 5.21. The summed E-state index contributed by atoms with van der Waals surface area (Å²) >= 11 is 2.42. The van der Waals surface area contributed by atoms with E-state index in [1.165, 1.54) is 18.7 Å². The van der Waals surface area contributed by atoms with Crippen LogP contribution in [0, 0.1) is 6.92 Å². The van der Waals surface area contributed by atoms with Crippen LogP contribution in [-0.4, -0.2) is 52.3 Å². The molecule has 36 heavy (non-hydrogen) atoms. The Morgan fingerprint density at radius 1 is 1.28 bits per heavy atom. The highest BCUT2D eigenvalue weighted by molar-refractivity contribution is 7.99. The summed E-state index contributed by atoms with van der Waals surface area (Å²) in [6, 6.07) is 10.0. The third kappa shape index (κ3) is 5.88. The van der Waals surface area contributed by atoms with Crippen molar-refractivity contribution in [2.75, 3.05) is 24.3 Å². The number of thiophene rings is 1. The third-order valence-electron chi connectivity index (χ3n) is 5.83. The summed E-state index contributed by atoms with van der Waals surface area (Å²) in [6.45, 7) is 6.46. The van der Waals surface area contributed by atoms with Gasteiger partial charge in [-0.3, -0.25) is 9.59 Å². The number of carbonyl (C=O) groups excluding carboxylic acids is 3. The minimum atomic E-state index is -0.554. The van der Waals surface area contributed by atoms with E-state index in [1.54, 1.807) is 13.8 Å². The topological polar surface area (TPSA) is 99.5 Å². The van der Waals surface area contributed by atoms with Gasteiger partial charge in [0.1, 0.15) is 5.00 Å². The largest absolute Gasteiger partial charge is 0.462 e. The maximum absolute atomic E-state index is 12.9. The number of ketones is 1. The van der Waals surface area contributed by atoms with Gasteiger partial charge in [0.15, 0.2) is 10.9 Å². The van der Waals surface area contributed by atoms with Crippen LogP contribution in [0.5, 0.6) is 0 Å². The van der Waals surface area contributed by atoms with E-state index in [0.717, 1.165) is 47.2 Å². The second-order valence-electron chi connectivity index (χ2n) is 8.41. The molecule has 3 heterocycles. The first-order chi connectivity index (χ1) is 17.4. The number of ether oxygens (including phenoxy) is 2. The molecule has 2 aromatic heterocycles. The maximum atomic E-state index is 12.9. The fourth-order valence-electron chi connectivity index (χ4n) is 4.16. The van der Waals surface area contributed by atoms with Gasteiger partial charge in [0.25, 0.3) is 0 Å². The van der Waals surface area contributed by atoms with E-state index in [2.05, 4.69) is 14.9 Å². The van der Waals surface area contributed by atoms with Crippen molar-refractivity contribution in [3.05, 3.63) is 52.5 Å². The molecule has 8 nitrogen and oxygen atoms in total. The van der Waals surface area contributed by atoms with Crippen LogP contribution in [0.25, 0.3) is 11.3 Å². The van der Waals surface area contributed by atoms with Crippen LogP contribution in [0.4, 0.5) is 5.00 Å². The molecule has 1 atom stereocenters. The summed E-state index contributed by atoms with van der Waals surface area (Å²) in [7, 11) is 0. The smallest absolute Gasteiger partial charge is 0.341 e. The molecule has 0 radical (unpaired) electrons. The van der Waals surface area contributed by atoms with Gasteiger partial charge in [0, 0.05) is 6.61 Å². The van der Waals surface area contributed by atoms with E-state index < -0.39 is 5.97 Å². The molecule has 1 amide bonds. The lowest BCUT2D eigenvalue weighted by atomic mass is 10.1. The van der Waals surface area contributed by atoms with Gasteiger partial charge < -0.3 is 19.4 Å². The van der Waals surface area contributed by atoms with Gasteiger partial charge >= 0.3 is 5.97 Å². The number of anilines is 1. The van der Waals surface area contributed by atoms with Crippen molar-refractivity contribution in [1.82, 2.24) is 9.55 Å². The van der Waals surface area contributed by atoms with Crippen molar-refractivity contribution < 1.29 is 23.9 Å². The van der Waals surface area contributed by atoms with Crippen molar-refractivity contribution in [3.8, 4) is 11.3 Å². The number of imidazole rings is 1. The Labute approximate surface area is 218 Å². The highest BCUT2D eigenvalue weighted by atomic mass is 32.2. The fourth-order valence-corrected chi connectivity index (χ4v) is 6.06. The number of hydrogen-bond donors (Lipinski definition) is 1. The molecule has 0 aliphatic carbocycles. The number of hydrogen-bond acceptors (Lipinski definition) is 8. The summed E-state index contributed by atoms with van der Waals surface area (Å²) < 4.78 is 13.1. The fraction of sp³-hybridized carbons (Fsp3) is 0.385. The number of Topliss-reactive ketones (excluding diaryl/α,β-unsaturated/α-hetero) is 1. The zero-order chi connectivity index (χ0) is 25.7. The number of esters is 1. The van der Waals surface area contributed by atoms with Crippen molar-refractivity contribution in [2.45, 2.75) is 51.4 Å². The van der Waals surface area contributed by atoms with E-state index in [-0.39, 0.29) is 35.7 Å². The Balaban J connectivity index is 1.52. The molecule has 3 aromatic rings. The second-order valence-corrected chi connectivity index (χ2v) is 10.4. The van der Waals surface area contributed by atoms with Crippen molar-refractivity contribution in [3.63, 3.8) is 0 Å². The maximum Gasteiger partial charge on any atom is 0.341 e. The Bertz CT molecular complexity index is 1250. The van der Waals surface area contributed by atoms with Crippen LogP contribution < -0.4 is 5.32 Å². The molecule has 1 unspecified atom stereocenters. The number of aromatic nitrogens is 2. The van der Waals surface area contributed by atoms with Gasteiger partial charge in [-0.2, -0.15) is 0 Å². The standard InChI is InChI=1S/C26H29N3O5S2/c1-4-33-25(32)22-16(2)23(17(3)30)36-24(22)28-21(31)15-35-26-27-13-20(18-9-6-5-7-10-18)29(26)14-19-11-8-12-34-19/h5-7,9-10,13,19H,4,8,11-12,14-15H2,1-3H3,(H,28,31). The third-order valence-corrected chi connectivity index (χ3v) is 8.13. The van der Waals surface area contributed by atoms with Crippen molar-refractivity contribution in [1.29, 1.82) is 0 Å². The van der Waals surface area contributed by atoms with E-state index in [9.17, 15) is 14.4 Å². The van der Waals surface area contributed by atoms with Gasteiger partial charge in [0.2, 0.25) is 5.91 Å². The van der Waals surface area contributed by atoms with E-state index in [1.807, 2.05) is 36.5 Å². The van der Waals surface area contributed by atoms with Crippen LogP contribution in [0.1, 0.15) is 52.3 Å². The lowest BCUT2D eigenvalue weighted by molar-refractivity contribution is -0.113. The zero-order valence-corrected chi connectivity index (χ0v) is 22.2. The van der Waals surface area contributed by atoms with Crippen molar-refractivity contribution >= 4 is 45.8 Å². The lowest BCUT2D eigenvalue weighted by Gasteiger charge is -2.16. The second kappa shape index (κ2) is 11.9. The Morgan fingerprint density at radius 2 is 2.06 bits per heavy atom. The minimum Gasteiger partial charge on any atom is -0.462 e. The first-order valence-corrected chi connectivity index (χ1v) is 13.7. The summed E-state index contributed by atoms with van der Waals surface area (Å²) in [4.78, 5) is 42.5.